The Kier molecular flexibility index (Phi) is 6.23. The van der Waals surface area contributed by atoms with Crippen LogP contribution in [-0.2, 0) is 0 Å². The molecule has 1 atom stereocenters. The lowest BCUT2D eigenvalue weighted by Crippen LogP contribution is -2.31. The van der Waals surface area contributed by atoms with Crippen LogP contribution in [0.25, 0.3) is 11.1 Å². The molecule has 0 aliphatic heterocycles. The molecule has 7 heteroatoms. The summed E-state index contributed by atoms with van der Waals surface area (Å²) in [6.45, 7) is 1.99. The third-order valence-corrected chi connectivity index (χ3v) is 4.82. The molecular weight excluding hydrogens is 394 g/mol. The van der Waals surface area contributed by atoms with Gasteiger partial charge in [-0.15, -0.1) is 0 Å². The van der Waals surface area contributed by atoms with Crippen molar-refractivity contribution in [3.05, 3.63) is 93.5 Å². The fourth-order valence-electron chi connectivity index (χ4n) is 2.76. The van der Waals surface area contributed by atoms with E-state index in [-0.39, 0.29) is 11.7 Å². The largest absolute Gasteiger partial charge is 0.356 e. The van der Waals surface area contributed by atoms with Gasteiger partial charge in [-0.1, -0.05) is 66.2 Å². The van der Waals surface area contributed by atoms with E-state index in [4.69, 9.17) is 23.8 Å². The Morgan fingerprint density at radius 3 is 2.32 bits per heavy atom. The van der Waals surface area contributed by atoms with Gasteiger partial charge >= 0.3 is 0 Å². The average molecular weight is 412 g/mol. The summed E-state index contributed by atoms with van der Waals surface area (Å²) in [7, 11) is 0. The predicted octanol–water partition coefficient (Wildman–Crippen LogP) is 5.96. The van der Waals surface area contributed by atoms with Gasteiger partial charge in [0.2, 0.25) is 0 Å². The first-order valence-electron chi connectivity index (χ1n) is 8.61. The van der Waals surface area contributed by atoms with Gasteiger partial charge in [0.15, 0.2) is 5.11 Å². The zero-order valence-electron chi connectivity index (χ0n) is 15.1. The lowest BCUT2D eigenvalue weighted by atomic mass is 10.0. The third-order valence-electron chi connectivity index (χ3n) is 4.27. The summed E-state index contributed by atoms with van der Waals surface area (Å²) in [5.74, 6) is 0. The van der Waals surface area contributed by atoms with Gasteiger partial charge in [-0.25, -0.2) is 0 Å². The van der Waals surface area contributed by atoms with Crippen LogP contribution in [0.15, 0.2) is 72.8 Å². The molecule has 3 rings (SSSR count). The molecule has 2 N–H and O–H groups in total. The molecule has 0 saturated carbocycles. The van der Waals surface area contributed by atoms with Crippen LogP contribution in [0.3, 0.4) is 0 Å². The molecule has 0 amide bonds. The van der Waals surface area contributed by atoms with E-state index in [0.717, 1.165) is 16.7 Å². The van der Waals surface area contributed by atoms with Crippen LogP contribution in [0.5, 0.6) is 0 Å². The standard InChI is InChI=1S/C21H18ClN3O2S/c1-14(15-7-9-17(10-8-15)16-5-3-2-4-6-16)23-21(28)24-20-13-18(25(26)27)11-12-19(20)22/h2-14H,1H3,(H2,23,24,28)/t14-/m0/s1. The number of hydrogen-bond donors (Lipinski definition) is 2. The maximum Gasteiger partial charge on any atom is 0.271 e. The topological polar surface area (TPSA) is 67.2 Å². The highest BCUT2D eigenvalue weighted by molar-refractivity contribution is 7.80. The Bertz CT molecular complexity index is 994. The number of rotatable bonds is 5. The molecule has 0 spiro atoms. The van der Waals surface area contributed by atoms with E-state index in [1.54, 1.807) is 0 Å². The molecule has 3 aromatic carbocycles. The number of benzene rings is 3. The quantitative estimate of drug-likeness (QED) is 0.308. The highest BCUT2D eigenvalue weighted by Crippen LogP contribution is 2.27. The predicted molar refractivity (Wildman–Crippen MR) is 118 cm³/mol. The Labute approximate surface area is 173 Å². The highest BCUT2D eigenvalue weighted by atomic mass is 35.5. The average Bonchev–Trinajstić information content (AvgIpc) is 2.70. The second-order valence-corrected chi connectivity index (χ2v) is 7.04. The van der Waals surface area contributed by atoms with Gasteiger partial charge in [-0.05, 0) is 41.9 Å². The van der Waals surface area contributed by atoms with Gasteiger partial charge in [0.1, 0.15) is 0 Å². The summed E-state index contributed by atoms with van der Waals surface area (Å²) in [5.41, 5.74) is 3.70. The first-order valence-corrected chi connectivity index (χ1v) is 9.39. The summed E-state index contributed by atoms with van der Waals surface area (Å²) >= 11 is 11.4. The zero-order chi connectivity index (χ0) is 20.1. The molecule has 3 aromatic rings. The molecule has 0 radical (unpaired) electrons. The Morgan fingerprint density at radius 1 is 1.04 bits per heavy atom. The van der Waals surface area contributed by atoms with Crippen molar-refractivity contribution in [3.8, 4) is 11.1 Å². The van der Waals surface area contributed by atoms with Crippen LogP contribution in [0, 0.1) is 10.1 Å². The Hall–Kier alpha value is -2.96. The smallest absolute Gasteiger partial charge is 0.271 e. The lowest BCUT2D eigenvalue weighted by molar-refractivity contribution is -0.384. The van der Waals surface area contributed by atoms with Gasteiger partial charge in [0, 0.05) is 12.1 Å². The van der Waals surface area contributed by atoms with Gasteiger partial charge in [-0.2, -0.15) is 0 Å². The van der Waals surface area contributed by atoms with Crippen LogP contribution >= 0.6 is 23.8 Å². The minimum atomic E-state index is -0.477. The Morgan fingerprint density at radius 2 is 1.68 bits per heavy atom. The van der Waals surface area contributed by atoms with E-state index in [1.807, 2.05) is 37.3 Å². The van der Waals surface area contributed by atoms with Crippen molar-refractivity contribution in [1.29, 1.82) is 0 Å². The van der Waals surface area contributed by atoms with Gasteiger partial charge in [0.05, 0.1) is 21.7 Å². The lowest BCUT2D eigenvalue weighted by Gasteiger charge is -2.18. The fraction of sp³-hybridized carbons (Fsp3) is 0.0952. The van der Waals surface area contributed by atoms with E-state index in [2.05, 4.69) is 34.9 Å². The van der Waals surface area contributed by atoms with Crippen molar-refractivity contribution in [2.45, 2.75) is 13.0 Å². The van der Waals surface area contributed by atoms with E-state index in [1.165, 1.54) is 18.2 Å². The zero-order valence-corrected chi connectivity index (χ0v) is 16.6. The second-order valence-electron chi connectivity index (χ2n) is 6.23. The first-order chi connectivity index (χ1) is 13.4. The molecule has 0 bridgehead atoms. The number of thiocarbonyl (C=S) groups is 1. The van der Waals surface area contributed by atoms with Crippen molar-refractivity contribution >= 4 is 40.3 Å². The van der Waals surface area contributed by atoms with E-state index in [9.17, 15) is 10.1 Å². The van der Waals surface area contributed by atoms with Crippen LogP contribution < -0.4 is 10.6 Å². The van der Waals surface area contributed by atoms with Gasteiger partial charge in [-0.3, -0.25) is 10.1 Å². The van der Waals surface area contributed by atoms with Crippen LogP contribution in [0.1, 0.15) is 18.5 Å². The number of anilines is 1. The van der Waals surface area contributed by atoms with Crippen LogP contribution in [0.4, 0.5) is 11.4 Å². The van der Waals surface area contributed by atoms with Crippen molar-refractivity contribution in [3.63, 3.8) is 0 Å². The molecule has 0 saturated heterocycles. The normalized spacial score (nSPS) is 11.5. The molecule has 0 heterocycles. The SMILES string of the molecule is C[C@H](NC(=S)Nc1cc([N+](=O)[O-])ccc1Cl)c1ccc(-c2ccccc2)cc1. The number of nitrogens with one attached hydrogen (secondary N) is 2. The number of nitrogens with zero attached hydrogens (tertiary/aromatic N) is 1. The third kappa shape index (κ3) is 4.85. The molecular formula is C21H18ClN3O2S. The minimum Gasteiger partial charge on any atom is -0.356 e. The molecule has 0 fully saturated rings. The van der Waals surface area contributed by atoms with Gasteiger partial charge in [0.25, 0.3) is 5.69 Å². The molecule has 5 nitrogen and oxygen atoms in total. The van der Waals surface area contributed by atoms with Crippen LogP contribution in [-0.4, -0.2) is 10.0 Å². The fourth-order valence-corrected chi connectivity index (χ4v) is 3.21. The summed E-state index contributed by atoms with van der Waals surface area (Å²) in [6, 6.07) is 22.5. The van der Waals surface area contributed by atoms with Crippen molar-refractivity contribution in [2.24, 2.45) is 0 Å². The summed E-state index contributed by atoms with van der Waals surface area (Å²) < 4.78 is 0. The molecule has 0 unspecified atom stereocenters. The summed E-state index contributed by atoms with van der Waals surface area (Å²) in [6.07, 6.45) is 0. The monoisotopic (exact) mass is 411 g/mol. The summed E-state index contributed by atoms with van der Waals surface area (Å²) in [4.78, 5) is 10.5. The number of halogens is 1. The number of hydrogen-bond acceptors (Lipinski definition) is 3. The number of non-ortho nitro benzene ring substituents is 1. The maximum atomic E-state index is 10.9. The van der Waals surface area contributed by atoms with Crippen molar-refractivity contribution in [1.82, 2.24) is 5.32 Å². The maximum absolute atomic E-state index is 10.9. The van der Waals surface area contributed by atoms with Gasteiger partial charge < -0.3 is 10.6 Å². The first kappa shape index (κ1) is 19.8. The number of nitro groups is 1. The second kappa shape index (κ2) is 8.82. The van der Waals surface area contributed by atoms with E-state index in [0.29, 0.717) is 15.8 Å². The van der Waals surface area contributed by atoms with Crippen molar-refractivity contribution < 1.29 is 4.92 Å². The molecule has 0 aromatic heterocycles. The molecule has 142 valence electrons. The van der Waals surface area contributed by atoms with E-state index >= 15 is 0 Å². The minimum absolute atomic E-state index is 0.0534. The number of nitro benzene ring substituents is 1. The van der Waals surface area contributed by atoms with Crippen LogP contribution in [0.2, 0.25) is 5.02 Å². The summed E-state index contributed by atoms with van der Waals surface area (Å²) in [5, 5.41) is 17.7. The molecule has 0 aliphatic rings. The Balaban J connectivity index is 1.66. The molecule has 28 heavy (non-hydrogen) atoms. The molecule has 0 aliphatic carbocycles. The van der Waals surface area contributed by atoms with Crippen molar-refractivity contribution in [2.75, 3.05) is 5.32 Å². The highest BCUT2D eigenvalue weighted by Gasteiger charge is 2.12. The van der Waals surface area contributed by atoms with E-state index < -0.39 is 4.92 Å².